The van der Waals surface area contributed by atoms with Crippen molar-refractivity contribution >= 4 is 17.6 Å². The van der Waals surface area contributed by atoms with Gasteiger partial charge in [0.2, 0.25) is 5.91 Å². The fourth-order valence-corrected chi connectivity index (χ4v) is 3.05. The second-order valence-corrected chi connectivity index (χ2v) is 6.21. The molecule has 0 aliphatic heterocycles. The molecule has 0 bridgehead atoms. The summed E-state index contributed by atoms with van der Waals surface area (Å²) in [6.45, 7) is 0. The van der Waals surface area contributed by atoms with Crippen molar-refractivity contribution in [3.05, 3.63) is 72.1 Å². The lowest BCUT2D eigenvalue weighted by Gasteiger charge is -2.24. The molecule has 1 aliphatic rings. The van der Waals surface area contributed by atoms with Crippen molar-refractivity contribution in [2.24, 2.45) is 11.8 Å². The monoisotopic (exact) mass is 336 g/mol. The summed E-state index contributed by atoms with van der Waals surface area (Å²) in [4.78, 5) is 27.8. The lowest BCUT2D eigenvalue weighted by Crippen LogP contribution is -2.34. The van der Waals surface area contributed by atoms with Crippen molar-refractivity contribution in [2.75, 3.05) is 5.32 Å². The molecule has 3 rings (SSSR count). The van der Waals surface area contributed by atoms with Crippen molar-refractivity contribution in [2.45, 2.75) is 19.3 Å². The smallest absolute Gasteiger partial charge is 0.307 e. The van der Waals surface area contributed by atoms with E-state index in [9.17, 15) is 14.7 Å². The predicted octanol–water partition coefficient (Wildman–Crippen LogP) is 3.28. The summed E-state index contributed by atoms with van der Waals surface area (Å²) in [6, 6.07) is 11.6. The first-order valence-electron chi connectivity index (χ1n) is 8.30. The van der Waals surface area contributed by atoms with Gasteiger partial charge in [0.1, 0.15) is 0 Å². The standard InChI is InChI=1S/C20H20N2O3/c23-19(17-3-1-2-4-18(17)20(24)25)22-16-7-5-14(6-8-16)13-15-9-11-21-12-10-15/h1-2,5-12,17-18H,3-4,13H2,(H,22,23)(H,24,25)/t17-,18+/m0/s1. The molecule has 1 aromatic carbocycles. The summed E-state index contributed by atoms with van der Waals surface area (Å²) < 4.78 is 0. The van der Waals surface area contributed by atoms with Crippen LogP contribution in [-0.4, -0.2) is 22.0 Å². The van der Waals surface area contributed by atoms with Gasteiger partial charge in [0.05, 0.1) is 11.8 Å². The number of carboxylic acid groups (broad SMARTS) is 1. The highest BCUT2D eigenvalue weighted by molar-refractivity contribution is 5.95. The lowest BCUT2D eigenvalue weighted by molar-refractivity contribution is -0.146. The van der Waals surface area contributed by atoms with Crippen LogP contribution in [0.25, 0.3) is 0 Å². The van der Waals surface area contributed by atoms with Crippen LogP contribution in [-0.2, 0) is 16.0 Å². The Morgan fingerprint density at radius 3 is 2.20 bits per heavy atom. The van der Waals surface area contributed by atoms with Gasteiger partial charge in [0.15, 0.2) is 0 Å². The summed E-state index contributed by atoms with van der Waals surface area (Å²) in [6.07, 6.45) is 8.90. The molecular formula is C20H20N2O3. The van der Waals surface area contributed by atoms with E-state index in [-0.39, 0.29) is 5.91 Å². The molecule has 2 N–H and O–H groups in total. The molecule has 128 valence electrons. The Kier molecular flexibility index (Phi) is 5.23. The number of amides is 1. The van der Waals surface area contributed by atoms with Gasteiger partial charge in [-0.25, -0.2) is 0 Å². The first kappa shape index (κ1) is 16.9. The van der Waals surface area contributed by atoms with Crippen LogP contribution in [0, 0.1) is 11.8 Å². The van der Waals surface area contributed by atoms with Crippen LogP contribution in [0.4, 0.5) is 5.69 Å². The summed E-state index contributed by atoms with van der Waals surface area (Å²) in [5, 5.41) is 12.1. The van der Waals surface area contributed by atoms with Gasteiger partial charge in [-0.1, -0.05) is 24.3 Å². The summed E-state index contributed by atoms with van der Waals surface area (Å²) in [5.41, 5.74) is 2.99. The van der Waals surface area contributed by atoms with Gasteiger partial charge in [0.25, 0.3) is 0 Å². The molecule has 2 aromatic rings. The third kappa shape index (κ3) is 4.32. The molecule has 2 atom stereocenters. The SMILES string of the molecule is O=C(Nc1ccc(Cc2ccncc2)cc1)[C@H]1CC=CC[C@H]1C(=O)O. The van der Waals surface area contributed by atoms with Crippen LogP contribution in [0.5, 0.6) is 0 Å². The molecule has 0 saturated carbocycles. The number of benzene rings is 1. The van der Waals surface area contributed by atoms with Gasteiger partial charge in [-0.15, -0.1) is 0 Å². The van der Waals surface area contributed by atoms with E-state index in [0.717, 1.165) is 12.0 Å². The van der Waals surface area contributed by atoms with Gasteiger partial charge < -0.3 is 10.4 Å². The summed E-state index contributed by atoms with van der Waals surface area (Å²) in [5.74, 6) is -2.34. The highest BCUT2D eigenvalue weighted by Crippen LogP contribution is 2.27. The minimum atomic E-state index is -0.919. The van der Waals surface area contributed by atoms with E-state index < -0.39 is 17.8 Å². The minimum Gasteiger partial charge on any atom is -0.481 e. The lowest BCUT2D eigenvalue weighted by atomic mass is 9.82. The largest absolute Gasteiger partial charge is 0.481 e. The number of anilines is 1. The Labute approximate surface area is 146 Å². The van der Waals surface area contributed by atoms with Gasteiger partial charge in [-0.2, -0.15) is 0 Å². The van der Waals surface area contributed by atoms with Crippen molar-refractivity contribution in [3.8, 4) is 0 Å². The number of pyridine rings is 1. The predicted molar refractivity (Wildman–Crippen MR) is 95.1 cm³/mol. The number of hydrogen-bond acceptors (Lipinski definition) is 3. The van der Waals surface area contributed by atoms with E-state index in [2.05, 4.69) is 10.3 Å². The number of nitrogens with one attached hydrogen (secondary N) is 1. The van der Waals surface area contributed by atoms with Crippen molar-refractivity contribution in [1.29, 1.82) is 0 Å². The molecule has 0 spiro atoms. The zero-order chi connectivity index (χ0) is 17.6. The number of hydrogen-bond donors (Lipinski definition) is 2. The molecule has 0 saturated heterocycles. The second kappa shape index (κ2) is 7.75. The maximum absolute atomic E-state index is 12.4. The van der Waals surface area contributed by atoms with Crippen LogP contribution in [0.1, 0.15) is 24.0 Å². The first-order valence-corrected chi connectivity index (χ1v) is 8.30. The maximum atomic E-state index is 12.4. The third-order valence-corrected chi connectivity index (χ3v) is 4.47. The van der Waals surface area contributed by atoms with E-state index in [1.54, 1.807) is 12.4 Å². The van der Waals surface area contributed by atoms with E-state index in [1.165, 1.54) is 5.56 Å². The number of allylic oxidation sites excluding steroid dienone is 2. The number of nitrogens with zero attached hydrogens (tertiary/aromatic N) is 1. The zero-order valence-electron chi connectivity index (χ0n) is 13.8. The van der Waals surface area contributed by atoms with Crippen molar-refractivity contribution in [3.63, 3.8) is 0 Å². The number of carbonyl (C=O) groups excluding carboxylic acids is 1. The fraction of sp³-hybridized carbons (Fsp3) is 0.250. The molecular weight excluding hydrogens is 316 g/mol. The zero-order valence-corrected chi connectivity index (χ0v) is 13.8. The number of aromatic nitrogens is 1. The molecule has 25 heavy (non-hydrogen) atoms. The average Bonchev–Trinajstić information content (AvgIpc) is 2.64. The van der Waals surface area contributed by atoms with Crippen LogP contribution < -0.4 is 5.32 Å². The highest BCUT2D eigenvalue weighted by atomic mass is 16.4. The van der Waals surface area contributed by atoms with E-state index >= 15 is 0 Å². The maximum Gasteiger partial charge on any atom is 0.307 e. The van der Waals surface area contributed by atoms with Crippen LogP contribution in [0.2, 0.25) is 0 Å². The van der Waals surface area contributed by atoms with Gasteiger partial charge in [-0.3, -0.25) is 14.6 Å². The molecule has 1 aliphatic carbocycles. The number of aliphatic carboxylic acids is 1. The Hall–Kier alpha value is -2.95. The van der Waals surface area contributed by atoms with Crippen LogP contribution in [0.15, 0.2) is 60.9 Å². The fourth-order valence-electron chi connectivity index (χ4n) is 3.05. The third-order valence-electron chi connectivity index (χ3n) is 4.47. The normalized spacial score (nSPS) is 19.4. The first-order chi connectivity index (χ1) is 12.1. The highest BCUT2D eigenvalue weighted by Gasteiger charge is 2.33. The van der Waals surface area contributed by atoms with Gasteiger partial charge in [0, 0.05) is 18.1 Å². The van der Waals surface area contributed by atoms with Crippen molar-refractivity contribution < 1.29 is 14.7 Å². The topological polar surface area (TPSA) is 79.3 Å². The summed E-state index contributed by atoms with van der Waals surface area (Å²) in [7, 11) is 0. The molecule has 0 unspecified atom stereocenters. The van der Waals surface area contributed by atoms with E-state index in [0.29, 0.717) is 18.5 Å². The van der Waals surface area contributed by atoms with Gasteiger partial charge in [-0.05, 0) is 54.7 Å². The summed E-state index contributed by atoms with van der Waals surface area (Å²) >= 11 is 0. The van der Waals surface area contributed by atoms with Crippen molar-refractivity contribution in [1.82, 2.24) is 4.98 Å². The Morgan fingerprint density at radius 2 is 1.56 bits per heavy atom. The average molecular weight is 336 g/mol. The molecule has 5 heteroatoms. The molecule has 1 aromatic heterocycles. The van der Waals surface area contributed by atoms with Crippen LogP contribution in [0.3, 0.4) is 0 Å². The number of rotatable bonds is 5. The molecule has 1 amide bonds. The molecule has 5 nitrogen and oxygen atoms in total. The number of carboxylic acids is 1. The Morgan fingerprint density at radius 1 is 0.960 bits per heavy atom. The van der Waals surface area contributed by atoms with Crippen LogP contribution >= 0.6 is 0 Å². The second-order valence-electron chi connectivity index (χ2n) is 6.21. The quantitative estimate of drug-likeness (QED) is 0.821. The molecule has 0 fully saturated rings. The number of carbonyl (C=O) groups is 2. The van der Waals surface area contributed by atoms with E-state index in [1.807, 2.05) is 48.6 Å². The van der Waals surface area contributed by atoms with E-state index in [4.69, 9.17) is 0 Å². The Balaban J connectivity index is 1.63. The molecule has 1 heterocycles. The molecule has 0 radical (unpaired) electrons. The Bertz CT molecular complexity index is 769. The van der Waals surface area contributed by atoms with Gasteiger partial charge >= 0.3 is 5.97 Å². The minimum absolute atomic E-state index is 0.237.